The van der Waals surface area contributed by atoms with Gasteiger partial charge in [0.1, 0.15) is 5.36 Å². The summed E-state index contributed by atoms with van der Waals surface area (Å²) in [6.45, 7) is 1.76. The molecule has 1 aromatic carbocycles. The number of rotatable bonds is 2. The molecule has 4 nitrogen and oxygen atoms in total. The van der Waals surface area contributed by atoms with E-state index in [2.05, 4.69) is 9.98 Å². The molecular weight excluding hydrogens is 192 g/mol. The second kappa shape index (κ2) is 3.57. The molecule has 0 N–H and O–H groups in total. The van der Waals surface area contributed by atoms with E-state index in [1.807, 2.05) is 0 Å². The fourth-order valence-corrected chi connectivity index (χ4v) is 1.40. The maximum absolute atomic E-state index is 11.6. The molecule has 1 aliphatic heterocycles. The lowest BCUT2D eigenvalue weighted by molar-refractivity contribution is 0.104. The Labute approximate surface area is 85.7 Å². The smallest absolute Gasteiger partial charge is 0.289 e. The van der Waals surface area contributed by atoms with Crippen LogP contribution in [0.5, 0.6) is 0 Å². The van der Waals surface area contributed by atoms with Crippen molar-refractivity contribution >= 4 is 11.8 Å². The fourth-order valence-electron chi connectivity index (χ4n) is 1.40. The number of hydrogen-bond acceptors (Lipinski definition) is 2. The Bertz CT molecular complexity index is 585. The molecule has 0 fully saturated rings. The van der Waals surface area contributed by atoms with Gasteiger partial charge >= 0.3 is 6.03 Å². The lowest BCUT2D eigenvalue weighted by atomic mass is 10.1. The quantitative estimate of drug-likeness (QED) is 0.524. The van der Waals surface area contributed by atoms with Crippen LogP contribution in [-0.4, -0.2) is 11.8 Å². The van der Waals surface area contributed by atoms with Gasteiger partial charge in [0.25, 0.3) is 0 Å². The molecule has 0 unspecified atom stereocenters. The predicted molar refractivity (Wildman–Crippen MR) is 53.3 cm³/mol. The molecule has 15 heavy (non-hydrogen) atoms. The lowest BCUT2D eigenvalue weighted by Crippen LogP contribution is -2.27. The number of ketones is 1. The zero-order valence-electron chi connectivity index (χ0n) is 8.10. The monoisotopic (exact) mass is 200 g/mol. The van der Waals surface area contributed by atoms with Crippen LogP contribution in [0.4, 0.5) is 4.79 Å². The van der Waals surface area contributed by atoms with Crippen molar-refractivity contribution in [3.63, 3.8) is 0 Å². The average Bonchev–Trinajstić information content (AvgIpc) is 2.57. The van der Waals surface area contributed by atoms with Gasteiger partial charge in [0.15, 0.2) is 5.78 Å². The standard InChI is InChI=1S/C11H8N2O2/c1-2-4-9(14)7-5-3-6-8-10(7)13-11(15)12-8/h2-6H,1H3. The van der Waals surface area contributed by atoms with Crippen LogP contribution in [0.2, 0.25) is 0 Å². The molecular formula is C11H8N2O2. The van der Waals surface area contributed by atoms with E-state index in [1.165, 1.54) is 6.08 Å². The summed E-state index contributed by atoms with van der Waals surface area (Å²) in [4.78, 5) is 29.9. The second-order valence-corrected chi connectivity index (χ2v) is 3.04. The van der Waals surface area contributed by atoms with Crippen molar-refractivity contribution in [2.45, 2.75) is 6.92 Å². The van der Waals surface area contributed by atoms with Crippen LogP contribution in [0, 0.1) is 0 Å². The molecule has 0 radical (unpaired) electrons. The van der Waals surface area contributed by atoms with E-state index >= 15 is 0 Å². The van der Waals surface area contributed by atoms with Crippen molar-refractivity contribution in [1.82, 2.24) is 0 Å². The van der Waals surface area contributed by atoms with Gasteiger partial charge in [-0.05, 0) is 25.1 Å². The van der Waals surface area contributed by atoms with Gasteiger partial charge in [0.05, 0.1) is 5.36 Å². The number of fused-ring (bicyclic) bond motifs is 1. The first-order valence-electron chi connectivity index (χ1n) is 4.50. The first-order chi connectivity index (χ1) is 7.22. The SMILES string of the molecule is CC=CC(=O)c1cccc2c1=NC(=O)N=2. The fraction of sp³-hybridized carbons (Fsp3) is 0.0909. The summed E-state index contributed by atoms with van der Waals surface area (Å²) >= 11 is 0. The first kappa shape index (κ1) is 9.45. The van der Waals surface area contributed by atoms with Crippen LogP contribution in [-0.2, 0) is 0 Å². The molecule has 0 aromatic heterocycles. The Kier molecular flexibility index (Phi) is 2.25. The third-order valence-corrected chi connectivity index (χ3v) is 2.02. The van der Waals surface area contributed by atoms with E-state index in [0.29, 0.717) is 16.3 Å². The van der Waals surface area contributed by atoms with Crippen molar-refractivity contribution in [3.05, 3.63) is 46.6 Å². The molecule has 2 amide bonds. The van der Waals surface area contributed by atoms with Crippen molar-refractivity contribution in [2.24, 2.45) is 9.98 Å². The number of benzene rings is 1. The minimum Gasteiger partial charge on any atom is -0.289 e. The topological polar surface area (TPSA) is 58.9 Å². The second-order valence-electron chi connectivity index (χ2n) is 3.04. The summed E-state index contributed by atoms with van der Waals surface area (Å²) in [6, 6.07) is 4.44. The number of para-hydroxylation sites is 1. The van der Waals surface area contributed by atoms with E-state index < -0.39 is 6.03 Å². The predicted octanol–water partition coefficient (Wildman–Crippen LogP) is 0.818. The highest BCUT2D eigenvalue weighted by atomic mass is 16.2. The first-order valence-corrected chi connectivity index (χ1v) is 4.50. The molecule has 2 rings (SSSR count). The van der Waals surface area contributed by atoms with Crippen LogP contribution in [0.25, 0.3) is 0 Å². The van der Waals surface area contributed by atoms with Crippen molar-refractivity contribution in [2.75, 3.05) is 0 Å². The van der Waals surface area contributed by atoms with E-state index in [0.717, 1.165) is 0 Å². The minimum absolute atomic E-state index is 0.164. The molecule has 0 bridgehead atoms. The average molecular weight is 200 g/mol. The Balaban J connectivity index is 2.69. The van der Waals surface area contributed by atoms with Gasteiger partial charge in [-0.3, -0.25) is 4.79 Å². The molecule has 0 atom stereocenters. The van der Waals surface area contributed by atoms with Crippen LogP contribution in [0.1, 0.15) is 17.3 Å². The van der Waals surface area contributed by atoms with E-state index in [4.69, 9.17) is 0 Å². The van der Waals surface area contributed by atoms with Gasteiger partial charge in [-0.1, -0.05) is 12.1 Å². The van der Waals surface area contributed by atoms with Crippen molar-refractivity contribution in [1.29, 1.82) is 0 Å². The third kappa shape index (κ3) is 1.61. The highest BCUT2D eigenvalue weighted by Crippen LogP contribution is 1.96. The van der Waals surface area contributed by atoms with Gasteiger partial charge in [-0.15, -0.1) is 0 Å². The lowest BCUT2D eigenvalue weighted by Gasteiger charge is -1.93. The molecule has 4 heteroatoms. The third-order valence-electron chi connectivity index (χ3n) is 2.02. The van der Waals surface area contributed by atoms with Gasteiger partial charge in [-0.2, -0.15) is 9.98 Å². The number of hydrogen-bond donors (Lipinski definition) is 0. The number of urea groups is 1. The number of carbonyl (C=O) groups excluding carboxylic acids is 2. The molecule has 74 valence electrons. The molecule has 1 heterocycles. The summed E-state index contributed by atoms with van der Waals surface area (Å²) in [5.74, 6) is -0.164. The molecule has 0 spiro atoms. The van der Waals surface area contributed by atoms with Gasteiger partial charge in [0, 0.05) is 5.56 Å². The van der Waals surface area contributed by atoms with E-state index in [-0.39, 0.29) is 5.78 Å². The zero-order valence-corrected chi connectivity index (χ0v) is 8.10. The van der Waals surface area contributed by atoms with Crippen LogP contribution in [0.15, 0.2) is 40.3 Å². The maximum atomic E-state index is 11.6. The molecule has 1 aromatic rings. The van der Waals surface area contributed by atoms with Crippen molar-refractivity contribution < 1.29 is 9.59 Å². The Hall–Kier alpha value is -2.10. The minimum atomic E-state index is -0.550. The number of nitrogens with zero attached hydrogens (tertiary/aromatic N) is 2. The Morgan fingerprint density at radius 2 is 2.13 bits per heavy atom. The Morgan fingerprint density at radius 3 is 2.87 bits per heavy atom. The molecule has 1 aliphatic rings. The molecule has 0 saturated heterocycles. The number of carbonyl (C=O) groups is 2. The largest absolute Gasteiger partial charge is 0.368 e. The number of amides is 2. The normalized spacial score (nSPS) is 13.5. The van der Waals surface area contributed by atoms with Gasteiger partial charge in [0.2, 0.25) is 0 Å². The highest BCUT2D eigenvalue weighted by molar-refractivity contribution is 6.04. The van der Waals surface area contributed by atoms with Crippen LogP contribution < -0.4 is 10.7 Å². The summed E-state index contributed by atoms with van der Waals surface area (Å²) in [7, 11) is 0. The van der Waals surface area contributed by atoms with Gasteiger partial charge in [-0.25, -0.2) is 4.79 Å². The summed E-state index contributed by atoms with van der Waals surface area (Å²) in [6.07, 6.45) is 3.09. The van der Waals surface area contributed by atoms with E-state index in [1.54, 1.807) is 31.2 Å². The Morgan fingerprint density at radius 1 is 1.33 bits per heavy atom. The summed E-state index contributed by atoms with van der Waals surface area (Å²) in [5.41, 5.74) is 0.417. The summed E-state index contributed by atoms with van der Waals surface area (Å²) < 4.78 is 0. The van der Waals surface area contributed by atoms with E-state index in [9.17, 15) is 9.59 Å². The number of allylic oxidation sites excluding steroid dienone is 2. The molecule has 0 aliphatic carbocycles. The van der Waals surface area contributed by atoms with Crippen molar-refractivity contribution in [3.8, 4) is 0 Å². The summed E-state index contributed by atoms with van der Waals surface area (Å²) in [5, 5.41) is 0.848. The maximum Gasteiger partial charge on any atom is 0.368 e. The van der Waals surface area contributed by atoms with Gasteiger partial charge < -0.3 is 0 Å². The molecule has 0 saturated carbocycles. The zero-order chi connectivity index (χ0) is 10.8. The van der Waals surface area contributed by atoms with Crippen LogP contribution in [0.3, 0.4) is 0 Å². The van der Waals surface area contributed by atoms with Crippen LogP contribution >= 0.6 is 0 Å². The highest BCUT2D eigenvalue weighted by Gasteiger charge is 2.11.